The third-order valence-corrected chi connectivity index (χ3v) is 6.29. The van der Waals surface area contributed by atoms with Crippen LogP contribution in [0.3, 0.4) is 0 Å². The lowest BCUT2D eigenvalue weighted by atomic mass is 10.1. The van der Waals surface area contributed by atoms with Crippen molar-refractivity contribution in [3.63, 3.8) is 0 Å². The number of anilines is 1. The summed E-state index contributed by atoms with van der Waals surface area (Å²) in [5.74, 6) is 0.932. The second kappa shape index (κ2) is 8.91. The van der Waals surface area contributed by atoms with Gasteiger partial charge in [0.15, 0.2) is 0 Å². The fourth-order valence-electron chi connectivity index (χ4n) is 3.67. The molecule has 0 spiro atoms. The highest BCUT2D eigenvalue weighted by Crippen LogP contribution is 2.37. The van der Waals surface area contributed by atoms with E-state index >= 15 is 0 Å². The average molecular weight is 456 g/mol. The molecule has 0 atom stereocenters. The minimum absolute atomic E-state index is 0.357. The molecule has 4 aromatic rings. The van der Waals surface area contributed by atoms with E-state index in [1.54, 1.807) is 23.5 Å². The molecule has 2 aromatic carbocycles. The summed E-state index contributed by atoms with van der Waals surface area (Å²) < 4.78 is 12.7. The van der Waals surface area contributed by atoms with Crippen molar-refractivity contribution in [2.45, 2.75) is 6.54 Å². The molecule has 2 heterocycles. The van der Waals surface area contributed by atoms with E-state index in [0.29, 0.717) is 28.8 Å². The standard InChI is InChI=1S/C23H22ClN3O3S/c1-27-18-8-5-4-7-14(18)15(22(27)21-9-6-10-31-21)13-25-23(28)26-17-11-16(24)19(29-2)12-20(17)30-3/h4-12H,13H2,1-3H3,(H2,25,26,28). The number of benzene rings is 2. The number of fused-ring (bicyclic) bond motifs is 1. The summed E-state index contributed by atoms with van der Waals surface area (Å²) in [6.45, 7) is 0.368. The molecular formula is C23H22ClN3O3S. The highest BCUT2D eigenvalue weighted by Gasteiger charge is 2.18. The SMILES string of the molecule is COc1cc(OC)c(NC(=O)NCc2c(-c3cccs3)n(C)c3ccccc23)cc1Cl. The molecule has 160 valence electrons. The zero-order valence-corrected chi connectivity index (χ0v) is 18.9. The Kier molecular flexibility index (Phi) is 6.06. The van der Waals surface area contributed by atoms with Crippen LogP contribution in [-0.4, -0.2) is 24.8 Å². The summed E-state index contributed by atoms with van der Waals surface area (Å²) in [5, 5.41) is 9.32. The van der Waals surface area contributed by atoms with E-state index < -0.39 is 0 Å². The second-order valence-electron chi connectivity index (χ2n) is 6.88. The molecule has 0 unspecified atom stereocenters. The zero-order chi connectivity index (χ0) is 22.0. The Hall–Kier alpha value is -3.16. The monoisotopic (exact) mass is 455 g/mol. The first-order valence-corrected chi connectivity index (χ1v) is 10.9. The van der Waals surface area contributed by atoms with Gasteiger partial charge >= 0.3 is 6.03 Å². The number of ether oxygens (including phenoxy) is 2. The van der Waals surface area contributed by atoms with Crippen molar-refractivity contribution in [3.8, 4) is 22.1 Å². The number of aromatic nitrogens is 1. The lowest BCUT2D eigenvalue weighted by molar-refractivity contribution is 0.251. The molecule has 4 rings (SSSR count). The molecule has 0 fully saturated rings. The van der Waals surface area contributed by atoms with Crippen LogP contribution in [-0.2, 0) is 13.6 Å². The molecule has 0 aliphatic heterocycles. The van der Waals surface area contributed by atoms with Crippen molar-refractivity contribution in [2.24, 2.45) is 7.05 Å². The fourth-order valence-corrected chi connectivity index (χ4v) is 4.74. The number of nitrogens with zero attached hydrogens (tertiary/aromatic N) is 1. The highest BCUT2D eigenvalue weighted by molar-refractivity contribution is 7.13. The average Bonchev–Trinajstić information content (AvgIpc) is 3.39. The van der Waals surface area contributed by atoms with Gasteiger partial charge in [0.2, 0.25) is 0 Å². The third kappa shape index (κ3) is 4.06. The largest absolute Gasteiger partial charge is 0.495 e. The van der Waals surface area contributed by atoms with Crippen LogP contribution in [0, 0.1) is 0 Å². The first kappa shape index (κ1) is 21.1. The van der Waals surface area contributed by atoms with Crippen LogP contribution in [0.25, 0.3) is 21.5 Å². The van der Waals surface area contributed by atoms with Crippen molar-refractivity contribution in [1.82, 2.24) is 9.88 Å². The number of hydrogen-bond acceptors (Lipinski definition) is 4. The molecule has 0 saturated carbocycles. The van der Waals surface area contributed by atoms with Gasteiger partial charge in [-0.25, -0.2) is 4.79 Å². The number of para-hydroxylation sites is 1. The summed E-state index contributed by atoms with van der Waals surface area (Å²) in [4.78, 5) is 13.9. The van der Waals surface area contributed by atoms with Crippen LogP contribution < -0.4 is 20.1 Å². The van der Waals surface area contributed by atoms with Crippen molar-refractivity contribution in [3.05, 3.63) is 64.5 Å². The molecule has 0 bridgehead atoms. The summed E-state index contributed by atoms with van der Waals surface area (Å²) >= 11 is 7.88. The maximum Gasteiger partial charge on any atom is 0.319 e. The molecule has 2 N–H and O–H groups in total. The number of thiophene rings is 1. The van der Waals surface area contributed by atoms with Crippen LogP contribution >= 0.6 is 22.9 Å². The number of aryl methyl sites for hydroxylation is 1. The van der Waals surface area contributed by atoms with Crippen LogP contribution in [0.1, 0.15) is 5.56 Å². The number of halogens is 1. The Balaban J connectivity index is 1.60. The van der Waals surface area contributed by atoms with Gasteiger partial charge in [0.25, 0.3) is 0 Å². The van der Waals surface area contributed by atoms with E-state index in [1.807, 2.05) is 25.2 Å². The van der Waals surface area contributed by atoms with Crippen LogP contribution in [0.4, 0.5) is 10.5 Å². The molecule has 2 amide bonds. The van der Waals surface area contributed by atoms with E-state index in [0.717, 1.165) is 27.0 Å². The number of hydrogen-bond donors (Lipinski definition) is 2. The van der Waals surface area contributed by atoms with Crippen molar-refractivity contribution in [1.29, 1.82) is 0 Å². The van der Waals surface area contributed by atoms with E-state index in [9.17, 15) is 4.79 Å². The maximum atomic E-state index is 12.7. The Morgan fingerprint density at radius 2 is 1.87 bits per heavy atom. The summed E-state index contributed by atoms with van der Waals surface area (Å²) in [5.41, 5.74) is 3.74. The number of nitrogens with one attached hydrogen (secondary N) is 2. The molecule has 0 aliphatic carbocycles. The maximum absolute atomic E-state index is 12.7. The number of methoxy groups -OCH3 is 2. The number of amides is 2. The van der Waals surface area contributed by atoms with E-state index in [4.69, 9.17) is 21.1 Å². The molecule has 0 radical (unpaired) electrons. The smallest absolute Gasteiger partial charge is 0.319 e. The van der Waals surface area contributed by atoms with Crippen molar-refractivity contribution in [2.75, 3.05) is 19.5 Å². The lowest BCUT2D eigenvalue weighted by Crippen LogP contribution is -2.28. The van der Waals surface area contributed by atoms with Gasteiger partial charge in [-0.2, -0.15) is 0 Å². The lowest BCUT2D eigenvalue weighted by Gasteiger charge is -2.14. The summed E-state index contributed by atoms with van der Waals surface area (Å²) in [6, 6.07) is 15.2. The Morgan fingerprint density at radius 3 is 2.58 bits per heavy atom. The number of carbonyl (C=O) groups is 1. The van der Waals surface area contributed by atoms with Gasteiger partial charge in [-0.1, -0.05) is 35.9 Å². The number of urea groups is 1. The predicted octanol–water partition coefficient (Wildman–Crippen LogP) is 5.90. The van der Waals surface area contributed by atoms with Crippen LogP contribution in [0.15, 0.2) is 53.9 Å². The van der Waals surface area contributed by atoms with Gasteiger partial charge in [-0.3, -0.25) is 0 Å². The zero-order valence-electron chi connectivity index (χ0n) is 17.4. The molecule has 31 heavy (non-hydrogen) atoms. The Labute approximate surface area is 189 Å². The van der Waals surface area contributed by atoms with Gasteiger partial charge in [0.1, 0.15) is 11.5 Å². The molecular weight excluding hydrogens is 434 g/mol. The molecule has 2 aromatic heterocycles. The van der Waals surface area contributed by atoms with Gasteiger partial charge < -0.3 is 24.7 Å². The van der Waals surface area contributed by atoms with Crippen molar-refractivity contribution >= 4 is 45.6 Å². The molecule has 0 aliphatic rings. The summed E-state index contributed by atoms with van der Waals surface area (Å²) in [7, 11) is 5.09. The minimum atomic E-state index is -0.357. The topological polar surface area (TPSA) is 64.5 Å². The second-order valence-corrected chi connectivity index (χ2v) is 8.23. The first-order chi connectivity index (χ1) is 15.0. The van der Waals surface area contributed by atoms with Crippen LogP contribution in [0.2, 0.25) is 5.02 Å². The number of carbonyl (C=O) groups excluding carboxylic acids is 1. The summed E-state index contributed by atoms with van der Waals surface area (Å²) in [6.07, 6.45) is 0. The van der Waals surface area contributed by atoms with E-state index in [-0.39, 0.29) is 6.03 Å². The Morgan fingerprint density at radius 1 is 1.10 bits per heavy atom. The Bertz CT molecular complexity index is 1230. The normalized spacial score (nSPS) is 10.8. The third-order valence-electron chi connectivity index (χ3n) is 5.11. The molecule has 6 nitrogen and oxygen atoms in total. The minimum Gasteiger partial charge on any atom is -0.495 e. The van der Waals surface area contributed by atoms with E-state index in [2.05, 4.69) is 38.8 Å². The van der Waals surface area contributed by atoms with Gasteiger partial charge in [-0.05, 0) is 23.6 Å². The van der Waals surface area contributed by atoms with Gasteiger partial charge in [-0.15, -0.1) is 11.3 Å². The van der Waals surface area contributed by atoms with Crippen LogP contribution in [0.5, 0.6) is 11.5 Å². The van der Waals surface area contributed by atoms with Gasteiger partial charge in [0.05, 0.1) is 35.5 Å². The first-order valence-electron chi connectivity index (χ1n) is 9.60. The predicted molar refractivity (Wildman–Crippen MR) is 127 cm³/mol. The van der Waals surface area contributed by atoms with E-state index in [1.165, 1.54) is 14.2 Å². The molecule has 8 heteroatoms. The quantitative estimate of drug-likeness (QED) is 0.380. The van der Waals surface area contributed by atoms with Crippen molar-refractivity contribution < 1.29 is 14.3 Å². The molecule has 0 saturated heterocycles. The fraction of sp³-hybridized carbons (Fsp3) is 0.174. The number of rotatable bonds is 6. The van der Waals surface area contributed by atoms with Gasteiger partial charge in [0, 0.05) is 36.1 Å². The highest BCUT2D eigenvalue weighted by atomic mass is 35.5.